The van der Waals surface area contributed by atoms with Crippen LogP contribution in [0.5, 0.6) is 0 Å². The quantitative estimate of drug-likeness (QED) is 0.779. The highest BCUT2D eigenvalue weighted by molar-refractivity contribution is 5.77. The zero-order chi connectivity index (χ0) is 12.4. The number of rotatable bonds is 3. The van der Waals surface area contributed by atoms with Crippen LogP contribution < -0.4 is 0 Å². The van der Waals surface area contributed by atoms with Gasteiger partial charge in [0, 0.05) is 13.0 Å². The van der Waals surface area contributed by atoms with E-state index in [2.05, 4.69) is 60.7 Å². The fourth-order valence-corrected chi connectivity index (χ4v) is 2.65. The Morgan fingerprint density at radius 2 is 1.83 bits per heavy atom. The van der Waals surface area contributed by atoms with Gasteiger partial charge in [0.1, 0.15) is 0 Å². The van der Waals surface area contributed by atoms with Crippen LogP contribution in [0.3, 0.4) is 0 Å². The molecule has 3 rings (SSSR count). The average molecular weight is 236 g/mol. The summed E-state index contributed by atoms with van der Waals surface area (Å²) in [4.78, 5) is 0. The van der Waals surface area contributed by atoms with Crippen LogP contribution in [-0.2, 0) is 4.74 Å². The lowest BCUT2D eigenvalue weighted by Crippen LogP contribution is -2.03. The van der Waals surface area contributed by atoms with Crippen molar-refractivity contribution < 1.29 is 4.74 Å². The van der Waals surface area contributed by atoms with Crippen molar-refractivity contribution in [2.75, 3.05) is 13.7 Å². The Morgan fingerprint density at radius 1 is 1.00 bits per heavy atom. The second-order valence-corrected chi connectivity index (χ2v) is 4.60. The first-order valence-corrected chi connectivity index (χ1v) is 6.25. The average Bonchev–Trinajstić information content (AvgIpc) is 2.84. The molecule has 1 unspecified atom stereocenters. The molecular weight excluding hydrogens is 220 g/mol. The summed E-state index contributed by atoms with van der Waals surface area (Å²) >= 11 is 0. The lowest BCUT2D eigenvalue weighted by atomic mass is 9.91. The number of ether oxygens (including phenoxy) is 1. The van der Waals surface area contributed by atoms with Gasteiger partial charge in [0.2, 0.25) is 0 Å². The summed E-state index contributed by atoms with van der Waals surface area (Å²) in [6, 6.07) is 17.1. The van der Waals surface area contributed by atoms with Crippen LogP contribution >= 0.6 is 0 Å². The Kier molecular flexibility index (Phi) is 2.99. The van der Waals surface area contributed by atoms with Crippen LogP contribution in [0.4, 0.5) is 0 Å². The summed E-state index contributed by atoms with van der Waals surface area (Å²) in [6.45, 7) is 0.743. The molecule has 1 aliphatic rings. The molecule has 2 aromatic rings. The standard InChI is InChI=1S/C17H16O/c1-18-12-15-11-10-14-8-5-9-16(17(14)15)13-6-3-2-4-7-13/h2-11,15H,12H2,1H3. The molecule has 0 saturated heterocycles. The van der Waals surface area contributed by atoms with Gasteiger partial charge in [0.15, 0.2) is 0 Å². The van der Waals surface area contributed by atoms with Gasteiger partial charge in [-0.25, -0.2) is 0 Å². The van der Waals surface area contributed by atoms with Crippen molar-refractivity contribution in [3.63, 3.8) is 0 Å². The summed E-state index contributed by atoms with van der Waals surface area (Å²) in [5, 5.41) is 0. The second kappa shape index (κ2) is 4.79. The Balaban J connectivity index is 2.11. The predicted octanol–water partition coefficient (Wildman–Crippen LogP) is 4.11. The lowest BCUT2D eigenvalue weighted by molar-refractivity contribution is 0.192. The van der Waals surface area contributed by atoms with Gasteiger partial charge in [0.25, 0.3) is 0 Å². The molecular formula is C17H16O. The third-order valence-electron chi connectivity index (χ3n) is 3.45. The highest BCUT2D eigenvalue weighted by Crippen LogP contribution is 2.37. The summed E-state index contributed by atoms with van der Waals surface area (Å²) in [6.07, 6.45) is 4.44. The number of fused-ring (bicyclic) bond motifs is 1. The fourth-order valence-electron chi connectivity index (χ4n) is 2.65. The molecule has 0 aliphatic heterocycles. The molecule has 0 spiro atoms. The van der Waals surface area contributed by atoms with Crippen LogP contribution in [0, 0.1) is 0 Å². The third-order valence-corrected chi connectivity index (χ3v) is 3.45. The van der Waals surface area contributed by atoms with Crippen molar-refractivity contribution >= 4 is 6.08 Å². The Hall–Kier alpha value is -1.86. The zero-order valence-corrected chi connectivity index (χ0v) is 10.5. The molecule has 0 N–H and O–H groups in total. The van der Waals surface area contributed by atoms with E-state index >= 15 is 0 Å². The molecule has 1 heteroatoms. The van der Waals surface area contributed by atoms with E-state index in [0.717, 1.165) is 6.61 Å². The van der Waals surface area contributed by atoms with Gasteiger partial charge in [-0.15, -0.1) is 0 Å². The van der Waals surface area contributed by atoms with E-state index in [9.17, 15) is 0 Å². The Morgan fingerprint density at radius 3 is 2.61 bits per heavy atom. The molecule has 0 amide bonds. The first kappa shape index (κ1) is 11.2. The van der Waals surface area contributed by atoms with Gasteiger partial charge >= 0.3 is 0 Å². The first-order valence-electron chi connectivity index (χ1n) is 6.25. The minimum Gasteiger partial charge on any atom is -0.384 e. The van der Waals surface area contributed by atoms with Crippen LogP contribution in [0.2, 0.25) is 0 Å². The molecule has 1 atom stereocenters. The van der Waals surface area contributed by atoms with Crippen LogP contribution in [0.1, 0.15) is 17.0 Å². The largest absolute Gasteiger partial charge is 0.384 e. The van der Waals surface area contributed by atoms with Gasteiger partial charge in [-0.05, 0) is 22.3 Å². The molecule has 0 radical (unpaired) electrons. The minimum absolute atomic E-state index is 0.376. The summed E-state index contributed by atoms with van der Waals surface area (Å²) in [7, 11) is 1.76. The molecule has 1 aliphatic carbocycles. The van der Waals surface area contributed by atoms with Crippen LogP contribution in [0.25, 0.3) is 17.2 Å². The van der Waals surface area contributed by atoms with Gasteiger partial charge in [-0.1, -0.05) is 60.7 Å². The first-order chi connectivity index (χ1) is 8.90. The Bertz CT molecular complexity index is 569. The van der Waals surface area contributed by atoms with Gasteiger partial charge in [-0.3, -0.25) is 0 Å². The van der Waals surface area contributed by atoms with Crippen molar-refractivity contribution in [2.24, 2.45) is 0 Å². The minimum atomic E-state index is 0.376. The van der Waals surface area contributed by atoms with Crippen molar-refractivity contribution in [1.82, 2.24) is 0 Å². The Labute approximate surface area is 108 Å². The van der Waals surface area contributed by atoms with Crippen molar-refractivity contribution in [2.45, 2.75) is 5.92 Å². The summed E-state index contributed by atoms with van der Waals surface area (Å²) in [5.74, 6) is 0.376. The van der Waals surface area contributed by atoms with E-state index in [1.807, 2.05) is 0 Å². The predicted molar refractivity (Wildman–Crippen MR) is 75.5 cm³/mol. The maximum atomic E-state index is 5.32. The monoisotopic (exact) mass is 236 g/mol. The second-order valence-electron chi connectivity index (χ2n) is 4.60. The van der Waals surface area contributed by atoms with Gasteiger partial charge in [-0.2, -0.15) is 0 Å². The number of benzene rings is 2. The molecule has 0 bridgehead atoms. The van der Waals surface area contributed by atoms with E-state index in [1.54, 1.807) is 7.11 Å². The topological polar surface area (TPSA) is 9.23 Å². The molecule has 90 valence electrons. The SMILES string of the molecule is COCC1C=Cc2cccc(-c3ccccc3)c21. The molecule has 0 fully saturated rings. The molecule has 2 aromatic carbocycles. The van der Waals surface area contributed by atoms with E-state index < -0.39 is 0 Å². The normalized spacial score (nSPS) is 16.8. The smallest absolute Gasteiger partial charge is 0.0566 e. The van der Waals surface area contributed by atoms with E-state index in [-0.39, 0.29) is 0 Å². The lowest BCUT2D eigenvalue weighted by Gasteiger charge is -2.15. The number of hydrogen-bond acceptors (Lipinski definition) is 1. The number of methoxy groups -OCH3 is 1. The van der Waals surface area contributed by atoms with Gasteiger partial charge < -0.3 is 4.74 Å². The van der Waals surface area contributed by atoms with Crippen molar-refractivity contribution in [3.8, 4) is 11.1 Å². The molecule has 0 aromatic heterocycles. The van der Waals surface area contributed by atoms with E-state index in [1.165, 1.54) is 22.3 Å². The third kappa shape index (κ3) is 1.87. The highest BCUT2D eigenvalue weighted by atomic mass is 16.5. The number of hydrogen-bond donors (Lipinski definition) is 0. The molecule has 0 saturated carbocycles. The molecule has 1 nitrogen and oxygen atoms in total. The maximum Gasteiger partial charge on any atom is 0.0566 e. The van der Waals surface area contributed by atoms with Crippen LogP contribution in [0.15, 0.2) is 54.6 Å². The van der Waals surface area contributed by atoms with Gasteiger partial charge in [0.05, 0.1) is 6.61 Å². The highest BCUT2D eigenvalue weighted by Gasteiger charge is 2.20. The molecule has 18 heavy (non-hydrogen) atoms. The van der Waals surface area contributed by atoms with E-state index in [0.29, 0.717) is 5.92 Å². The fraction of sp³-hybridized carbons (Fsp3) is 0.176. The zero-order valence-electron chi connectivity index (χ0n) is 10.5. The summed E-state index contributed by atoms with van der Waals surface area (Å²) < 4.78 is 5.32. The van der Waals surface area contributed by atoms with E-state index in [4.69, 9.17) is 4.74 Å². The summed E-state index contributed by atoms with van der Waals surface area (Å²) in [5.41, 5.74) is 5.31. The molecule has 0 heterocycles. The maximum absolute atomic E-state index is 5.32. The van der Waals surface area contributed by atoms with Crippen molar-refractivity contribution in [3.05, 3.63) is 65.7 Å². The van der Waals surface area contributed by atoms with Crippen molar-refractivity contribution in [1.29, 1.82) is 0 Å². The van der Waals surface area contributed by atoms with Crippen LogP contribution in [-0.4, -0.2) is 13.7 Å².